The third kappa shape index (κ3) is 2.57. The molecular formula is C10H9ClFNO. The molecule has 74 valence electrons. The lowest BCUT2D eigenvalue weighted by molar-refractivity contribution is -0.112. The van der Waals surface area contributed by atoms with E-state index in [2.05, 4.69) is 11.9 Å². The second-order valence-electron chi connectivity index (χ2n) is 2.82. The van der Waals surface area contributed by atoms with Crippen LogP contribution in [0.25, 0.3) is 0 Å². The quantitative estimate of drug-likeness (QED) is 0.752. The standard InChI is InChI=1S/C10H9ClFNO/c1-6-5-8(12)3-4-9(6)13-10(14)7(2)11/h3-5H,2H2,1H3,(H,13,14). The van der Waals surface area contributed by atoms with Gasteiger partial charge in [-0.15, -0.1) is 0 Å². The zero-order chi connectivity index (χ0) is 10.7. The van der Waals surface area contributed by atoms with E-state index < -0.39 is 5.91 Å². The molecular weight excluding hydrogens is 205 g/mol. The molecule has 0 saturated heterocycles. The monoisotopic (exact) mass is 213 g/mol. The van der Waals surface area contributed by atoms with Crippen LogP contribution in [0.1, 0.15) is 5.56 Å². The first-order valence-corrected chi connectivity index (χ1v) is 4.30. The lowest BCUT2D eigenvalue weighted by Crippen LogP contribution is -2.11. The Balaban J connectivity index is 2.87. The van der Waals surface area contributed by atoms with E-state index in [0.717, 1.165) is 0 Å². The third-order valence-corrected chi connectivity index (χ3v) is 1.85. The van der Waals surface area contributed by atoms with E-state index >= 15 is 0 Å². The van der Waals surface area contributed by atoms with Gasteiger partial charge in [0.1, 0.15) is 5.82 Å². The van der Waals surface area contributed by atoms with E-state index in [0.29, 0.717) is 11.3 Å². The fourth-order valence-electron chi connectivity index (χ4n) is 0.957. The molecule has 0 saturated carbocycles. The van der Waals surface area contributed by atoms with E-state index in [9.17, 15) is 9.18 Å². The zero-order valence-electron chi connectivity index (χ0n) is 7.60. The summed E-state index contributed by atoms with van der Waals surface area (Å²) >= 11 is 5.38. The fraction of sp³-hybridized carbons (Fsp3) is 0.100. The number of benzene rings is 1. The number of hydrogen-bond acceptors (Lipinski definition) is 1. The molecule has 0 spiro atoms. The summed E-state index contributed by atoms with van der Waals surface area (Å²) in [5.74, 6) is -0.827. The van der Waals surface area contributed by atoms with Crippen molar-refractivity contribution in [1.82, 2.24) is 0 Å². The Labute approximate surface area is 86.4 Å². The van der Waals surface area contributed by atoms with E-state index in [1.807, 2.05) is 0 Å². The van der Waals surface area contributed by atoms with Gasteiger partial charge in [0.2, 0.25) is 0 Å². The van der Waals surface area contributed by atoms with Crippen molar-refractivity contribution in [1.29, 1.82) is 0 Å². The van der Waals surface area contributed by atoms with Gasteiger partial charge in [-0.25, -0.2) is 4.39 Å². The molecule has 0 fully saturated rings. The summed E-state index contributed by atoms with van der Waals surface area (Å²) < 4.78 is 12.7. The largest absolute Gasteiger partial charge is 0.321 e. The molecule has 2 nitrogen and oxygen atoms in total. The van der Waals surface area contributed by atoms with Gasteiger partial charge in [-0.05, 0) is 30.7 Å². The number of halogens is 2. The molecule has 1 aromatic rings. The molecule has 0 unspecified atom stereocenters. The van der Waals surface area contributed by atoms with Gasteiger partial charge >= 0.3 is 0 Å². The second kappa shape index (κ2) is 4.24. The van der Waals surface area contributed by atoms with Crippen LogP contribution in [0, 0.1) is 12.7 Å². The van der Waals surface area contributed by atoms with Crippen LogP contribution in [0.2, 0.25) is 0 Å². The maximum atomic E-state index is 12.7. The summed E-state index contributed by atoms with van der Waals surface area (Å²) in [4.78, 5) is 11.1. The molecule has 0 heterocycles. The van der Waals surface area contributed by atoms with Crippen molar-refractivity contribution in [2.24, 2.45) is 0 Å². The minimum Gasteiger partial charge on any atom is -0.321 e. The Bertz CT molecular complexity index is 390. The number of carbonyl (C=O) groups is 1. The summed E-state index contributed by atoms with van der Waals surface area (Å²) in [5.41, 5.74) is 1.16. The highest BCUT2D eigenvalue weighted by Crippen LogP contribution is 2.16. The Morgan fingerprint density at radius 3 is 2.71 bits per heavy atom. The molecule has 1 rings (SSSR count). The Hall–Kier alpha value is -1.35. The number of anilines is 1. The third-order valence-electron chi connectivity index (χ3n) is 1.68. The lowest BCUT2D eigenvalue weighted by atomic mass is 10.2. The minimum absolute atomic E-state index is 0.103. The summed E-state index contributed by atoms with van der Waals surface area (Å²) in [6.07, 6.45) is 0. The summed E-state index contributed by atoms with van der Waals surface area (Å²) in [5, 5.41) is 2.40. The summed E-state index contributed by atoms with van der Waals surface area (Å²) in [7, 11) is 0. The molecule has 1 N–H and O–H groups in total. The number of aryl methyl sites for hydroxylation is 1. The van der Waals surface area contributed by atoms with Crippen LogP contribution in [-0.2, 0) is 4.79 Å². The van der Waals surface area contributed by atoms with E-state index in [1.165, 1.54) is 18.2 Å². The molecule has 0 atom stereocenters. The van der Waals surface area contributed by atoms with Crippen LogP contribution < -0.4 is 5.32 Å². The van der Waals surface area contributed by atoms with E-state index in [-0.39, 0.29) is 10.8 Å². The topological polar surface area (TPSA) is 29.1 Å². The first-order valence-electron chi connectivity index (χ1n) is 3.92. The number of hydrogen-bond donors (Lipinski definition) is 1. The van der Waals surface area contributed by atoms with Crippen molar-refractivity contribution in [3.8, 4) is 0 Å². The fourth-order valence-corrected chi connectivity index (χ4v) is 1.00. The van der Waals surface area contributed by atoms with Gasteiger partial charge < -0.3 is 5.32 Å². The maximum absolute atomic E-state index is 12.7. The average molecular weight is 214 g/mol. The van der Waals surface area contributed by atoms with Gasteiger partial charge in [-0.1, -0.05) is 18.2 Å². The Morgan fingerprint density at radius 2 is 2.21 bits per heavy atom. The molecule has 0 aromatic heterocycles. The predicted molar refractivity (Wildman–Crippen MR) is 54.8 cm³/mol. The highest BCUT2D eigenvalue weighted by Gasteiger charge is 2.06. The van der Waals surface area contributed by atoms with Crippen LogP contribution in [0.5, 0.6) is 0 Å². The van der Waals surface area contributed by atoms with E-state index in [4.69, 9.17) is 11.6 Å². The molecule has 14 heavy (non-hydrogen) atoms. The molecule has 0 aliphatic heterocycles. The summed E-state index contributed by atoms with van der Waals surface area (Å²) in [6, 6.07) is 4.06. The maximum Gasteiger partial charge on any atom is 0.266 e. The average Bonchev–Trinajstić information content (AvgIpc) is 2.09. The van der Waals surface area contributed by atoms with Crippen molar-refractivity contribution >= 4 is 23.2 Å². The molecule has 0 aliphatic rings. The SMILES string of the molecule is C=C(Cl)C(=O)Nc1ccc(F)cc1C. The van der Waals surface area contributed by atoms with Crippen molar-refractivity contribution < 1.29 is 9.18 Å². The van der Waals surface area contributed by atoms with Crippen LogP contribution in [0.15, 0.2) is 29.8 Å². The van der Waals surface area contributed by atoms with Crippen LogP contribution >= 0.6 is 11.6 Å². The smallest absolute Gasteiger partial charge is 0.266 e. The highest BCUT2D eigenvalue weighted by atomic mass is 35.5. The number of carbonyl (C=O) groups excluding carboxylic acids is 1. The minimum atomic E-state index is -0.485. The first kappa shape index (κ1) is 10.7. The molecule has 4 heteroatoms. The van der Waals surface area contributed by atoms with Gasteiger partial charge in [0, 0.05) is 5.69 Å². The van der Waals surface area contributed by atoms with Gasteiger partial charge in [0.25, 0.3) is 5.91 Å². The normalized spacial score (nSPS) is 9.64. The van der Waals surface area contributed by atoms with Crippen LogP contribution in [0.4, 0.5) is 10.1 Å². The molecule has 0 aliphatic carbocycles. The highest BCUT2D eigenvalue weighted by molar-refractivity contribution is 6.43. The van der Waals surface area contributed by atoms with E-state index in [1.54, 1.807) is 6.92 Å². The Morgan fingerprint density at radius 1 is 1.57 bits per heavy atom. The van der Waals surface area contributed by atoms with Crippen molar-refractivity contribution in [3.63, 3.8) is 0 Å². The number of amides is 1. The van der Waals surface area contributed by atoms with Gasteiger partial charge in [-0.3, -0.25) is 4.79 Å². The zero-order valence-corrected chi connectivity index (χ0v) is 8.36. The molecule has 1 aromatic carbocycles. The number of rotatable bonds is 2. The number of nitrogens with one attached hydrogen (secondary N) is 1. The van der Waals surface area contributed by atoms with Crippen LogP contribution in [-0.4, -0.2) is 5.91 Å². The van der Waals surface area contributed by atoms with Crippen molar-refractivity contribution in [2.75, 3.05) is 5.32 Å². The lowest BCUT2D eigenvalue weighted by Gasteiger charge is -2.06. The van der Waals surface area contributed by atoms with Gasteiger partial charge in [-0.2, -0.15) is 0 Å². The summed E-state index contributed by atoms with van der Waals surface area (Å²) in [6.45, 7) is 4.97. The predicted octanol–water partition coefficient (Wildman–Crippen LogP) is 2.83. The van der Waals surface area contributed by atoms with Crippen molar-refractivity contribution in [2.45, 2.75) is 6.92 Å². The second-order valence-corrected chi connectivity index (χ2v) is 3.27. The van der Waals surface area contributed by atoms with Crippen molar-refractivity contribution in [3.05, 3.63) is 41.2 Å². The van der Waals surface area contributed by atoms with Gasteiger partial charge in [0.15, 0.2) is 0 Å². The van der Waals surface area contributed by atoms with Gasteiger partial charge in [0.05, 0.1) is 5.03 Å². The molecule has 0 radical (unpaired) electrons. The molecule has 1 amide bonds. The molecule has 0 bridgehead atoms. The van der Waals surface area contributed by atoms with Crippen LogP contribution in [0.3, 0.4) is 0 Å². The first-order chi connectivity index (χ1) is 6.50. The Kier molecular flexibility index (Phi) is 3.25.